The first-order chi connectivity index (χ1) is 12.1. The molecule has 4 nitrogen and oxygen atoms in total. The molecule has 0 saturated heterocycles. The monoisotopic (exact) mass is 335 g/mol. The van der Waals surface area contributed by atoms with E-state index in [0.717, 1.165) is 29.9 Å². The summed E-state index contributed by atoms with van der Waals surface area (Å²) in [6, 6.07) is 4.00. The van der Waals surface area contributed by atoms with Crippen LogP contribution in [0.5, 0.6) is 0 Å². The Bertz CT molecular complexity index is 908. The molecule has 2 aliphatic rings. The third-order valence-corrected chi connectivity index (χ3v) is 5.53. The van der Waals surface area contributed by atoms with Crippen molar-refractivity contribution < 1.29 is 5.11 Å². The Morgan fingerprint density at radius 2 is 2.28 bits per heavy atom. The zero-order chi connectivity index (χ0) is 17.6. The Kier molecular flexibility index (Phi) is 3.91. The average molecular weight is 335 g/mol. The number of aliphatic imine (C=N–C) groups is 1. The number of hydrogen-bond donors (Lipinski definition) is 2. The standard InChI is InChI=1S/C21H25N3O/c1-4-14-7-5-8-15-13(2)22-18(21(14)15)11-17-20(25)12-16(23-17)19-9-6-10-24(19)3/h6,9-12,14,22,25H,4-5,7-8H2,1-3H3/b17-11+. The van der Waals surface area contributed by atoms with Crippen LogP contribution in [0.25, 0.3) is 6.08 Å². The molecule has 130 valence electrons. The van der Waals surface area contributed by atoms with Gasteiger partial charge >= 0.3 is 0 Å². The molecule has 2 N–H and O–H groups in total. The van der Waals surface area contributed by atoms with Gasteiger partial charge in [-0.1, -0.05) is 6.92 Å². The number of aliphatic hydroxyl groups excluding tert-OH is 1. The van der Waals surface area contributed by atoms with Gasteiger partial charge in [-0.2, -0.15) is 0 Å². The molecule has 1 aliphatic carbocycles. The highest BCUT2D eigenvalue weighted by molar-refractivity contribution is 6.11. The fraction of sp³-hybridized carbons (Fsp3) is 0.381. The zero-order valence-corrected chi connectivity index (χ0v) is 15.1. The second kappa shape index (κ2) is 6.10. The lowest BCUT2D eigenvalue weighted by atomic mass is 9.81. The molecule has 0 bridgehead atoms. The number of hydrogen-bond acceptors (Lipinski definition) is 2. The van der Waals surface area contributed by atoms with E-state index in [-0.39, 0.29) is 5.76 Å². The van der Waals surface area contributed by atoms with Crippen LogP contribution < -0.4 is 0 Å². The number of fused-ring (bicyclic) bond motifs is 1. The maximum Gasteiger partial charge on any atom is 0.143 e. The van der Waals surface area contributed by atoms with Gasteiger partial charge in [0.25, 0.3) is 0 Å². The second-order valence-electron chi connectivity index (χ2n) is 7.11. The summed E-state index contributed by atoms with van der Waals surface area (Å²) in [5.74, 6) is 0.838. The smallest absolute Gasteiger partial charge is 0.143 e. The van der Waals surface area contributed by atoms with Gasteiger partial charge in [-0.25, -0.2) is 4.99 Å². The van der Waals surface area contributed by atoms with E-state index in [0.29, 0.717) is 11.6 Å². The van der Waals surface area contributed by atoms with Crippen molar-refractivity contribution in [2.75, 3.05) is 0 Å². The molecule has 2 aromatic rings. The lowest BCUT2D eigenvalue weighted by Gasteiger charge is -2.22. The van der Waals surface area contributed by atoms with Gasteiger partial charge in [0.15, 0.2) is 0 Å². The van der Waals surface area contributed by atoms with Gasteiger partial charge in [0.2, 0.25) is 0 Å². The fourth-order valence-electron chi connectivity index (χ4n) is 4.21. The van der Waals surface area contributed by atoms with Crippen molar-refractivity contribution >= 4 is 11.8 Å². The Labute approximate surface area is 148 Å². The zero-order valence-electron chi connectivity index (χ0n) is 15.1. The third-order valence-electron chi connectivity index (χ3n) is 5.53. The minimum Gasteiger partial charge on any atom is -0.506 e. The molecular weight excluding hydrogens is 310 g/mol. The molecule has 4 heteroatoms. The molecule has 2 aromatic heterocycles. The van der Waals surface area contributed by atoms with E-state index >= 15 is 0 Å². The molecule has 1 unspecified atom stereocenters. The Hall–Kier alpha value is -2.49. The number of nitrogens with zero attached hydrogens (tertiary/aromatic N) is 2. The lowest BCUT2D eigenvalue weighted by Crippen LogP contribution is -2.08. The van der Waals surface area contributed by atoms with E-state index in [1.807, 2.05) is 36.0 Å². The largest absolute Gasteiger partial charge is 0.506 e. The number of aromatic nitrogens is 2. The van der Waals surface area contributed by atoms with E-state index in [1.54, 1.807) is 6.08 Å². The number of aromatic amines is 1. The molecule has 3 heterocycles. The van der Waals surface area contributed by atoms with Crippen molar-refractivity contribution in [1.82, 2.24) is 9.55 Å². The number of H-pyrrole nitrogens is 1. The predicted octanol–water partition coefficient (Wildman–Crippen LogP) is 4.78. The van der Waals surface area contributed by atoms with Gasteiger partial charge in [-0.3, -0.25) is 0 Å². The van der Waals surface area contributed by atoms with Gasteiger partial charge < -0.3 is 14.7 Å². The van der Waals surface area contributed by atoms with Crippen molar-refractivity contribution in [2.24, 2.45) is 12.0 Å². The Morgan fingerprint density at radius 1 is 1.44 bits per heavy atom. The van der Waals surface area contributed by atoms with Gasteiger partial charge in [-0.05, 0) is 67.9 Å². The van der Waals surface area contributed by atoms with Crippen molar-refractivity contribution in [2.45, 2.75) is 45.4 Å². The van der Waals surface area contributed by atoms with Crippen LogP contribution in [0, 0.1) is 6.92 Å². The van der Waals surface area contributed by atoms with Crippen molar-refractivity contribution in [1.29, 1.82) is 0 Å². The summed E-state index contributed by atoms with van der Waals surface area (Å²) in [5.41, 5.74) is 7.73. The summed E-state index contributed by atoms with van der Waals surface area (Å²) in [5, 5.41) is 10.4. The highest BCUT2D eigenvalue weighted by Gasteiger charge is 2.26. The van der Waals surface area contributed by atoms with Crippen LogP contribution in [-0.2, 0) is 13.5 Å². The van der Waals surface area contributed by atoms with Crippen LogP contribution in [0.4, 0.5) is 0 Å². The molecule has 0 amide bonds. The summed E-state index contributed by atoms with van der Waals surface area (Å²) in [4.78, 5) is 8.21. The Balaban J connectivity index is 1.76. The highest BCUT2D eigenvalue weighted by Crippen LogP contribution is 2.39. The normalized spacial score (nSPS) is 21.4. The summed E-state index contributed by atoms with van der Waals surface area (Å²) >= 11 is 0. The number of rotatable bonds is 3. The van der Waals surface area contributed by atoms with Crippen LogP contribution in [0.2, 0.25) is 0 Å². The van der Waals surface area contributed by atoms with E-state index in [9.17, 15) is 5.11 Å². The van der Waals surface area contributed by atoms with Crippen LogP contribution in [0.3, 0.4) is 0 Å². The third kappa shape index (κ3) is 2.66. The van der Waals surface area contributed by atoms with E-state index in [1.165, 1.54) is 29.7 Å². The molecule has 0 fully saturated rings. The van der Waals surface area contributed by atoms with Crippen molar-refractivity contribution in [3.8, 4) is 0 Å². The molecule has 0 aromatic carbocycles. The molecule has 25 heavy (non-hydrogen) atoms. The number of aryl methyl sites for hydroxylation is 2. The maximum atomic E-state index is 10.4. The van der Waals surface area contributed by atoms with Crippen LogP contribution in [-0.4, -0.2) is 20.4 Å². The SMILES string of the molecule is CCC1CCCc2c(C)[nH]c(/C=C3/N=C(c4cccn4C)C=C3O)c21. The van der Waals surface area contributed by atoms with Crippen molar-refractivity contribution in [3.63, 3.8) is 0 Å². The fourth-order valence-corrected chi connectivity index (χ4v) is 4.21. The molecule has 0 saturated carbocycles. The van der Waals surface area contributed by atoms with E-state index < -0.39 is 0 Å². The quantitative estimate of drug-likeness (QED) is 0.833. The van der Waals surface area contributed by atoms with Gasteiger partial charge in [-0.15, -0.1) is 0 Å². The lowest BCUT2D eigenvalue weighted by molar-refractivity contribution is 0.426. The number of aliphatic hydroxyl groups is 1. The Morgan fingerprint density at radius 3 is 3.00 bits per heavy atom. The van der Waals surface area contributed by atoms with Crippen LogP contribution in [0.15, 0.2) is 40.9 Å². The summed E-state index contributed by atoms with van der Waals surface area (Å²) in [6.07, 6.45) is 10.6. The molecule has 1 atom stereocenters. The topological polar surface area (TPSA) is 53.3 Å². The first-order valence-corrected chi connectivity index (χ1v) is 9.13. The van der Waals surface area contributed by atoms with E-state index in [2.05, 4.69) is 23.8 Å². The van der Waals surface area contributed by atoms with Crippen LogP contribution >= 0.6 is 0 Å². The highest BCUT2D eigenvalue weighted by atomic mass is 16.3. The predicted molar refractivity (Wildman–Crippen MR) is 102 cm³/mol. The minimum atomic E-state index is 0.237. The van der Waals surface area contributed by atoms with Gasteiger partial charge in [0.1, 0.15) is 11.5 Å². The molecule has 4 rings (SSSR count). The van der Waals surface area contributed by atoms with E-state index in [4.69, 9.17) is 0 Å². The van der Waals surface area contributed by atoms with Gasteiger partial charge in [0, 0.05) is 30.7 Å². The summed E-state index contributed by atoms with van der Waals surface area (Å²) in [6.45, 7) is 4.42. The molecule has 1 aliphatic heterocycles. The number of allylic oxidation sites excluding steroid dienone is 1. The minimum absolute atomic E-state index is 0.237. The van der Waals surface area contributed by atoms with Crippen molar-refractivity contribution in [3.05, 3.63) is 64.1 Å². The first-order valence-electron chi connectivity index (χ1n) is 9.13. The summed E-state index contributed by atoms with van der Waals surface area (Å²) in [7, 11) is 1.99. The maximum absolute atomic E-state index is 10.4. The number of nitrogens with one attached hydrogen (secondary N) is 1. The van der Waals surface area contributed by atoms with Gasteiger partial charge in [0.05, 0.1) is 11.4 Å². The molecule has 0 radical (unpaired) electrons. The molecular formula is C21H25N3O. The average Bonchev–Trinajstić information content (AvgIpc) is 3.27. The summed E-state index contributed by atoms with van der Waals surface area (Å²) < 4.78 is 2.01. The first kappa shape index (κ1) is 16.0. The second-order valence-corrected chi connectivity index (χ2v) is 7.11. The van der Waals surface area contributed by atoms with Crippen LogP contribution in [0.1, 0.15) is 60.3 Å². The molecule has 0 spiro atoms.